The zero-order valence-electron chi connectivity index (χ0n) is 22.2. The minimum atomic E-state index is -0.466. The first-order valence-electron chi connectivity index (χ1n) is 12.8. The molecule has 0 radical (unpaired) electrons. The summed E-state index contributed by atoms with van der Waals surface area (Å²) in [6.07, 6.45) is 10.7. The molecule has 5 rings (SSSR count). The molecule has 39 heavy (non-hydrogen) atoms. The fourth-order valence-corrected chi connectivity index (χ4v) is 5.74. The molecule has 0 saturated heterocycles. The van der Waals surface area contributed by atoms with Crippen LogP contribution in [-0.4, -0.2) is 15.6 Å². The fraction of sp³-hybridized carbons (Fsp3) is 0.300. The van der Waals surface area contributed by atoms with E-state index in [0.29, 0.717) is 5.03 Å². The predicted molar refractivity (Wildman–Crippen MR) is 155 cm³/mol. The third-order valence-corrected chi connectivity index (χ3v) is 8.41. The van der Waals surface area contributed by atoms with Crippen LogP contribution in [-0.2, 0) is 10.8 Å². The number of hydrogen-bond acceptors (Lipinski definition) is 6. The number of nitro groups is 2. The maximum Gasteiger partial charge on any atom is 0.269 e. The van der Waals surface area contributed by atoms with Crippen LogP contribution >= 0.6 is 11.6 Å². The number of rotatable bonds is 5. The normalized spacial score (nSPS) is 21.2. The molecule has 0 unspecified atom stereocenters. The molecule has 0 fully saturated rings. The molecular weight excluding hydrogens is 516 g/mol. The van der Waals surface area contributed by atoms with Crippen LogP contribution in [0.3, 0.4) is 0 Å². The van der Waals surface area contributed by atoms with Crippen LogP contribution < -0.4 is 5.32 Å². The Morgan fingerprint density at radius 3 is 2.26 bits per heavy atom. The third-order valence-electron chi connectivity index (χ3n) is 7.93. The molecule has 0 amide bonds. The van der Waals surface area contributed by atoms with Gasteiger partial charge in [-0.3, -0.25) is 25.2 Å². The molecule has 0 bridgehead atoms. The number of non-ortho nitro benzene ring substituents is 2. The fourth-order valence-electron chi connectivity index (χ4n) is 5.43. The van der Waals surface area contributed by atoms with E-state index in [0.717, 1.165) is 64.3 Å². The summed E-state index contributed by atoms with van der Waals surface area (Å²) in [5.41, 5.74) is 6.44. The summed E-state index contributed by atoms with van der Waals surface area (Å²) in [4.78, 5) is 26.5. The zero-order chi connectivity index (χ0) is 28.1. The first-order valence-corrected chi connectivity index (χ1v) is 13.2. The summed E-state index contributed by atoms with van der Waals surface area (Å²) >= 11 is 6.87. The van der Waals surface area contributed by atoms with Gasteiger partial charge in [0.15, 0.2) is 0 Å². The second kappa shape index (κ2) is 9.61. The van der Waals surface area contributed by atoms with E-state index in [4.69, 9.17) is 16.6 Å². The Morgan fingerprint density at radius 2 is 1.56 bits per heavy atom. The van der Waals surface area contributed by atoms with Gasteiger partial charge < -0.3 is 5.32 Å². The lowest BCUT2D eigenvalue weighted by Crippen LogP contribution is -2.23. The number of anilines is 1. The summed E-state index contributed by atoms with van der Waals surface area (Å²) in [6.45, 7) is 8.12. The van der Waals surface area contributed by atoms with E-state index >= 15 is 0 Å². The molecule has 0 spiro atoms. The second-order valence-electron chi connectivity index (χ2n) is 11.1. The van der Waals surface area contributed by atoms with Crippen molar-refractivity contribution in [2.24, 2.45) is 4.99 Å². The molecule has 3 aliphatic rings. The molecule has 1 N–H and O–H groups in total. The first-order chi connectivity index (χ1) is 18.4. The van der Waals surface area contributed by atoms with Crippen molar-refractivity contribution in [2.75, 3.05) is 5.32 Å². The average Bonchev–Trinajstić information content (AvgIpc) is 3.30. The van der Waals surface area contributed by atoms with Gasteiger partial charge in [-0.1, -0.05) is 51.4 Å². The van der Waals surface area contributed by atoms with Gasteiger partial charge >= 0.3 is 0 Å². The number of nitrogens with zero attached hydrogens (tertiary/aromatic N) is 3. The minimum Gasteiger partial charge on any atom is -0.358 e. The quantitative estimate of drug-likeness (QED) is 0.300. The van der Waals surface area contributed by atoms with Gasteiger partial charge in [0, 0.05) is 51.5 Å². The highest BCUT2D eigenvalue weighted by Gasteiger charge is 2.36. The minimum absolute atomic E-state index is 0.0606. The molecule has 0 atom stereocenters. The average molecular weight is 545 g/mol. The Labute approximate surface area is 231 Å². The number of nitro benzene ring substituents is 2. The highest BCUT2D eigenvalue weighted by Crippen LogP contribution is 2.45. The highest BCUT2D eigenvalue weighted by molar-refractivity contribution is 6.32. The number of hydrogen-bond donors (Lipinski definition) is 1. The molecule has 200 valence electrons. The summed E-state index contributed by atoms with van der Waals surface area (Å²) in [5.74, 6) is 0. The smallest absolute Gasteiger partial charge is 0.269 e. The molecule has 2 aromatic carbocycles. The molecule has 0 aromatic heterocycles. The number of aliphatic imine (C=N–C) groups is 1. The van der Waals surface area contributed by atoms with Crippen molar-refractivity contribution < 1.29 is 9.85 Å². The molecule has 8 nitrogen and oxygen atoms in total. The van der Waals surface area contributed by atoms with Gasteiger partial charge in [-0.15, -0.1) is 0 Å². The summed E-state index contributed by atoms with van der Waals surface area (Å²) in [5, 5.41) is 26.6. The van der Waals surface area contributed by atoms with Gasteiger partial charge in [-0.25, -0.2) is 0 Å². The lowest BCUT2D eigenvalue weighted by atomic mass is 9.81. The highest BCUT2D eigenvalue weighted by atomic mass is 35.5. The largest absolute Gasteiger partial charge is 0.358 e. The zero-order valence-corrected chi connectivity index (χ0v) is 23.0. The van der Waals surface area contributed by atoms with Crippen molar-refractivity contribution in [3.8, 4) is 0 Å². The number of benzene rings is 2. The van der Waals surface area contributed by atoms with E-state index in [9.17, 15) is 20.2 Å². The molecule has 2 aliphatic heterocycles. The van der Waals surface area contributed by atoms with E-state index in [1.807, 2.05) is 52.0 Å². The van der Waals surface area contributed by atoms with Crippen molar-refractivity contribution in [3.05, 3.63) is 114 Å². The van der Waals surface area contributed by atoms with E-state index in [2.05, 4.69) is 5.32 Å². The maximum absolute atomic E-state index is 11.3. The van der Waals surface area contributed by atoms with Crippen molar-refractivity contribution in [1.82, 2.24) is 0 Å². The van der Waals surface area contributed by atoms with Crippen LogP contribution in [0, 0.1) is 20.2 Å². The molecular formula is C30H29ClN4O4. The van der Waals surface area contributed by atoms with Crippen LogP contribution in [0.25, 0.3) is 0 Å². The van der Waals surface area contributed by atoms with Gasteiger partial charge in [-0.05, 0) is 65.8 Å². The number of halogens is 1. The van der Waals surface area contributed by atoms with Gasteiger partial charge in [0.1, 0.15) is 0 Å². The van der Waals surface area contributed by atoms with Crippen LogP contribution in [0.2, 0.25) is 0 Å². The van der Waals surface area contributed by atoms with Crippen LogP contribution in [0.4, 0.5) is 22.7 Å². The Hall–Kier alpha value is -4.04. The number of nitrogens with one attached hydrogen (secondary N) is 1. The molecule has 9 heteroatoms. The molecule has 2 aromatic rings. The Kier molecular flexibility index (Phi) is 6.55. The van der Waals surface area contributed by atoms with Gasteiger partial charge in [0.2, 0.25) is 0 Å². The standard InChI is InChI=1S/C30H29ClN4O4/c1-29(2)22-16-20(34(36)37)10-12-24(22)32-26(29)14-8-18-6-5-7-19(28(18)31)9-15-27-30(3,4)23-17-21(35(38)39)11-13-25(23)33-27/h8-17,32H,5-7H2,1-4H3/b15-9+,18-8+,26-14+. The van der Waals surface area contributed by atoms with Crippen LogP contribution in [0.1, 0.15) is 58.1 Å². The Bertz CT molecular complexity index is 1580. The summed E-state index contributed by atoms with van der Waals surface area (Å²) in [6, 6.07) is 9.69. The second-order valence-corrected chi connectivity index (χ2v) is 11.5. The van der Waals surface area contributed by atoms with Crippen LogP contribution in [0.15, 0.2) is 87.6 Å². The lowest BCUT2D eigenvalue weighted by molar-refractivity contribution is -0.385. The SMILES string of the molecule is CC1(C)C(/C=C/C2=C(Cl)C(=C/C=C3/Nc4ccc([N+](=O)[O-])cc4C3(C)C)/CCC2)=Nc2ccc([N+](=O)[O-])cc21. The monoisotopic (exact) mass is 544 g/mol. The molecule has 0 saturated carbocycles. The van der Waals surface area contributed by atoms with E-state index in [1.54, 1.807) is 24.3 Å². The third kappa shape index (κ3) is 4.69. The van der Waals surface area contributed by atoms with E-state index < -0.39 is 10.8 Å². The summed E-state index contributed by atoms with van der Waals surface area (Å²) in [7, 11) is 0. The topological polar surface area (TPSA) is 111 Å². The molecule has 2 heterocycles. The van der Waals surface area contributed by atoms with E-state index in [1.165, 1.54) is 12.1 Å². The van der Waals surface area contributed by atoms with Gasteiger partial charge in [0.25, 0.3) is 11.4 Å². The first kappa shape index (κ1) is 26.6. The van der Waals surface area contributed by atoms with Crippen molar-refractivity contribution in [3.63, 3.8) is 0 Å². The molecule has 1 aliphatic carbocycles. The van der Waals surface area contributed by atoms with Crippen molar-refractivity contribution in [2.45, 2.75) is 57.8 Å². The Balaban J connectivity index is 1.40. The predicted octanol–water partition coefficient (Wildman–Crippen LogP) is 8.31. The number of fused-ring (bicyclic) bond motifs is 2. The van der Waals surface area contributed by atoms with Crippen molar-refractivity contribution >= 4 is 40.1 Å². The van der Waals surface area contributed by atoms with Crippen molar-refractivity contribution in [1.29, 1.82) is 0 Å². The summed E-state index contributed by atoms with van der Waals surface area (Å²) < 4.78 is 0. The Morgan fingerprint density at radius 1 is 0.897 bits per heavy atom. The lowest BCUT2D eigenvalue weighted by Gasteiger charge is -2.21. The number of allylic oxidation sites excluding steroid dienone is 8. The maximum atomic E-state index is 11.3. The van der Waals surface area contributed by atoms with Gasteiger partial charge in [0.05, 0.1) is 21.2 Å². The van der Waals surface area contributed by atoms with E-state index in [-0.39, 0.29) is 21.2 Å². The van der Waals surface area contributed by atoms with Gasteiger partial charge in [-0.2, -0.15) is 0 Å². The van der Waals surface area contributed by atoms with Crippen LogP contribution in [0.5, 0.6) is 0 Å².